The molecule has 2 rings (SSSR count). The molecule has 2 aromatic rings. The molecular formula is C15H15BrN2O3. The predicted octanol–water partition coefficient (Wildman–Crippen LogP) is 3.12. The average Bonchev–Trinajstić information content (AvgIpc) is 2.48. The van der Waals surface area contributed by atoms with Crippen molar-refractivity contribution in [3.05, 3.63) is 52.8 Å². The van der Waals surface area contributed by atoms with Crippen LogP contribution in [0.3, 0.4) is 0 Å². The Labute approximate surface area is 131 Å². The number of rotatable bonds is 6. The maximum atomic E-state index is 12.1. The van der Waals surface area contributed by atoms with E-state index < -0.39 is 0 Å². The van der Waals surface area contributed by atoms with E-state index >= 15 is 0 Å². The fraction of sp³-hybridized carbons (Fsp3) is 0.200. The molecule has 1 aromatic carbocycles. The van der Waals surface area contributed by atoms with E-state index in [4.69, 9.17) is 9.47 Å². The zero-order valence-corrected chi connectivity index (χ0v) is 13.1. The third-order valence-corrected chi connectivity index (χ3v) is 3.04. The SMILES string of the molecule is COCCOc1cccc(NC(=O)c2cccc(Br)n2)c1. The number of amides is 1. The lowest BCUT2D eigenvalue weighted by molar-refractivity contribution is 0.102. The van der Waals surface area contributed by atoms with E-state index in [1.807, 2.05) is 12.1 Å². The first-order chi connectivity index (χ1) is 10.2. The number of ether oxygens (including phenoxy) is 2. The molecule has 0 atom stereocenters. The van der Waals surface area contributed by atoms with Crippen molar-refractivity contribution in [1.82, 2.24) is 4.98 Å². The first-order valence-corrected chi connectivity index (χ1v) is 7.14. The minimum atomic E-state index is -0.273. The Morgan fingerprint density at radius 3 is 2.81 bits per heavy atom. The Morgan fingerprint density at radius 1 is 1.24 bits per heavy atom. The summed E-state index contributed by atoms with van der Waals surface area (Å²) < 4.78 is 11.0. The van der Waals surface area contributed by atoms with Crippen LogP contribution >= 0.6 is 15.9 Å². The summed E-state index contributed by atoms with van der Waals surface area (Å²) in [6, 6.07) is 12.4. The van der Waals surface area contributed by atoms with Gasteiger partial charge in [-0.05, 0) is 40.2 Å². The number of aromatic nitrogens is 1. The number of carbonyl (C=O) groups excluding carboxylic acids is 1. The molecule has 0 aliphatic heterocycles. The van der Waals surface area contributed by atoms with Crippen molar-refractivity contribution in [2.24, 2.45) is 0 Å². The molecule has 21 heavy (non-hydrogen) atoms. The van der Waals surface area contributed by atoms with Gasteiger partial charge in [-0.3, -0.25) is 4.79 Å². The van der Waals surface area contributed by atoms with Crippen LogP contribution in [-0.4, -0.2) is 31.2 Å². The van der Waals surface area contributed by atoms with Crippen molar-refractivity contribution < 1.29 is 14.3 Å². The molecule has 1 N–H and O–H groups in total. The van der Waals surface area contributed by atoms with E-state index in [0.29, 0.717) is 34.9 Å². The number of nitrogens with zero attached hydrogens (tertiary/aromatic N) is 1. The monoisotopic (exact) mass is 350 g/mol. The van der Waals surface area contributed by atoms with Gasteiger partial charge >= 0.3 is 0 Å². The van der Waals surface area contributed by atoms with E-state index in [9.17, 15) is 4.79 Å². The van der Waals surface area contributed by atoms with E-state index in [2.05, 4.69) is 26.2 Å². The Balaban J connectivity index is 2.02. The second-order valence-electron chi connectivity index (χ2n) is 4.17. The van der Waals surface area contributed by atoms with Gasteiger partial charge in [0.05, 0.1) is 6.61 Å². The number of hydrogen-bond donors (Lipinski definition) is 1. The smallest absolute Gasteiger partial charge is 0.274 e. The third-order valence-electron chi connectivity index (χ3n) is 2.60. The maximum Gasteiger partial charge on any atom is 0.274 e. The van der Waals surface area contributed by atoms with Crippen LogP contribution in [0.4, 0.5) is 5.69 Å². The van der Waals surface area contributed by atoms with Gasteiger partial charge in [0, 0.05) is 18.9 Å². The summed E-state index contributed by atoms with van der Waals surface area (Å²) >= 11 is 3.24. The minimum Gasteiger partial charge on any atom is -0.491 e. The molecule has 0 radical (unpaired) electrons. The summed E-state index contributed by atoms with van der Waals surface area (Å²) in [5.41, 5.74) is 0.992. The number of benzene rings is 1. The van der Waals surface area contributed by atoms with Crippen molar-refractivity contribution in [2.45, 2.75) is 0 Å². The van der Waals surface area contributed by atoms with Crippen LogP contribution in [-0.2, 0) is 4.74 Å². The molecular weight excluding hydrogens is 336 g/mol. The number of methoxy groups -OCH3 is 1. The molecule has 0 aliphatic carbocycles. The fourth-order valence-corrected chi connectivity index (χ4v) is 1.98. The third kappa shape index (κ3) is 4.84. The first kappa shape index (κ1) is 15.5. The number of hydrogen-bond acceptors (Lipinski definition) is 4. The van der Waals surface area contributed by atoms with Crippen LogP contribution in [0.15, 0.2) is 47.1 Å². The highest BCUT2D eigenvalue weighted by Gasteiger charge is 2.08. The lowest BCUT2D eigenvalue weighted by Gasteiger charge is -2.08. The molecule has 0 aliphatic rings. The molecule has 1 amide bonds. The van der Waals surface area contributed by atoms with Crippen LogP contribution in [0, 0.1) is 0 Å². The number of anilines is 1. The minimum absolute atomic E-state index is 0.273. The first-order valence-electron chi connectivity index (χ1n) is 6.35. The molecule has 6 heteroatoms. The average molecular weight is 351 g/mol. The Bertz CT molecular complexity index is 619. The highest BCUT2D eigenvalue weighted by Crippen LogP contribution is 2.18. The molecule has 0 spiro atoms. The summed E-state index contributed by atoms with van der Waals surface area (Å²) in [6.45, 7) is 0.972. The van der Waals surface area contributed by atoms with Gasteiger partial charge in [-0.15, -0.1) is 0 Å². The highest BCUT2D eigenvalue weighted by molar-refractivity contribution is 9.10. The Hall–Kier alpha value is -1.92. The molecule has 0 bridgehead atoms. The molecule has 1 aromatic heterocycles. The van der Waals surface area contributed by atoms with Crippen molar-refractivity contribution in [3.8, 4) is 5.75 Å². The number of carbonyl (C=O) groups is 1. The van der Waals surface area contributed by atoms with Gasteiger partial charge in [-0.2, -0.15) is 0 Å². The molecule has 0 unspecified atom stereocenters. The van der Waals surface area contributed by atoms with Crippen molar-refractivity contribution in [1.29, 1.82) is 0 Å². The largest absolute Gasteiger partial charge is 0.491 e. The van der Waals surface area contributed by atoms with E-state index in [-0.39, 0.29) is 5.91 Å². The van der Waals surface area contributed by atoms with E-state index in [0.717, 1.165) is 0 Å². The van der Waals surface area contributed by atoms with Crippen LogP contribution in [0.5, 0.6) is 5.75 Å². The molecule has 0 saturated heterocycles. The van der Waals surface area contributed by atoms with Gasteiger partial charge in [0.2, 0.25) is 0 Å². The number of pyridine rings is 1. The van der Waals surface area contributed by atoms with Gasteiger partial charge in [0.15, 0.2) is 0 Å². The van der Waals surface area contributed by atoms with E-state index in [1.165, 1.54) is 0 Å². The van der Waals surface area contributed by atoms with Crippen molar-refractivity contribution in [2.75, 3.05) is 25.6 Å². The maximum absolute atomic E-state index is 12.1. The molecule has 5 nitrogen and oxygen atoms in total. The van der Waals surface area contributed by atoms with Gasteiger partial charge in [0.1, 0.15) is 22.7 Å². The highest BCUT2D eigenvalue weighted by atomic mass is 79.9. The van der Waals surface area contributed by atoms with Crippen LogP contribution in [0.25, 0.3) is 0 Å². The van der Waals surface area contributed by atoms with Crippen LogP contribution in [0.2, 0.25) is 0 Å². The van der Waals surface area contributed by atoms with Gasteiger partial charge in [0.25, 0.3) is 5.91 Å². The van der Waals surface area contributed by atoms with Gasteiger partial charge in [-0.25, -0.2) is 4.98 Å². The Morgan fingerprint density at radius 2 is 2.05 bits per heavy atom. The zero-order valence-electron chi connectivity index (χ0n) is 11.5. The van der Waals surface area contributed by atoms with Gasteiger partial charge < -0.3 is 14.8 Å². The number of halogens is 1. The summed E-state index contributed by atoms with van der Waals surface area (Å²) in [4.78, 5) is 16.2. The summed E-state index contributed by atoms with van der Waals surface area (Å²) in [7, 11) is 1.62. The quantitative estimate of drug-likeness (QED) is 0.642. The topological polar surface area (TPSA) is 60.5 Å². The second kappa shape index (κ2) is 7.75. The van der Waals surface area contributed by atoms with Crippen LogP contribution in [0.1, 0.15) is 10.5 Å². The summed E-state index contributed by atoms with van der Waals surface area (Å²) in [6.07, 6.45) is 0. The zero-order chi connectivity index (χ0) is 15.1. The summed E-state index contributed by atoms with van der Waals surface area (Å²) in [5, 5.41) is 2.78. The van der Waals surface area contributed by atoms with Gasteiger partial charge in [-0.1, -0.05) is 12.1 Å². The van der Waals surface area contributed by atoms with Crippen molar-refractivity contribution >= 4 is 27.5 Å². The molecule has 1 heterocycles. The predicted molar refractivity (Wildman–Crippen MR) is 83.7 cm³/mol. The fourth-order valence-electron chi connectivity index (χ4n) is 1.64. The lowest BCUT2D eigenvalue weighted by Crippen LogP contribution is -2.13. The molecule has 0 saturated carbocycles. The van der Waals surface area contributed by atoms with Crippen LogP contribution < -0.4 is 10.1 Å². The standard InChI is InChI=1S/C15H15BrN2O3/c1-20-8-9-21-12-5-2-4-11(10-12)17-15(19)13-6-3-7-14(16)18-13/h2-7,10H,8-9H2,1H3,(H,17,19). The van der Waals surface area contributed by atoms with Crippen molar-refractivity contribution in [3.63, 3.8) is 0 Å². The normalized spacial score (nSPS) is 10.2. The lowest BCUT2D eigenvalue weighted by atomic mass is 10.2. The Kier molecular flexibility index (Phi) is 5.71. The second-order valence-corrected chi connectivity index (χ2v) is 4.98. The van der Waals surface area contributed by atoms with E-state index in [1.54, 1.807) is 37.4 Å². The number of nitrogens with one attached hydrogen (secondary N) is 1. The molecule has 110 valence electrons. The summed E-state index contributed by atoms with van der Waals surface area (Å²) in [5.74, 6) is 0.400. The molecule has 0 fully saturated rings.